The maximum atomic E-state index is 12.4. The van der Waals surface area contributed by atoms with Gasteiger partial charge in [-0.15, -0.1) is 0 Å². The molecule has 0 aromatic heterocycles. The molecular formula is C23H27ClN2O3. The van der Waals surface area contributed by atoms with Crippen LogP contribution in [0.3, 0.4) is 0 Å². The van der Waals surface area contributed by atoms with Gasteiger partial charge in [0.05, 0.1) is 25.9 Å². The van der Waals surface area contributed by atoms with Crippen LogP contribution in [0.2, 0.25) is 5.02 Å². The van der Waals surface area contributed by atoms with Gasteiger partial charge in [0.15, 0.2) is 0 Å². The maximum Gasteiger partial charge on any atom is 0.244 e. The highest BCUT2D eigenvalue weighted by atomic mass is 35.5. The molecule has 0 spiro atoms. The zero-order chi connectivity index (χ0) is 20.5. The molecule has 1 heterocycles. The topological polar surface area (TPSA) is 50.8 Å². The van der Waals surface area contributed by atoms with Crippen molar-refractivity contribution in [1.82, 2.24) is 10.2 Å². The van der Waals surface area contributed by atoms with Crippen molar-refractivity contribution < 1.29 is 14.3 Å². The summed E-state index contributed by atoms with van der Waals surface area (Å²) < 4.78 is 10.9. The van der Waals surface area contributed by atoms with E-state index in [-0.39, 0.29) is 11.9 Å². The Morgan fingerprint density at radius 2 is 1.93 bits per heavy atom. The van der Waals surface area contributed by atoms with E-state index in [9.17, 15) is 4.79 Å². The zero-order valence-corrected chi connectivity index (χ0v) is 17.4. The fraction of sp³-hybridized carbons (Fsp3) is 0.348. The van der Waals surface area contributed by atoms with Gasteiger partial charge in [-0.25, -0.2) is 0 Å². The fourth-order valence-corrected chi connectivity index (χ4v) is 3.60. The van der Waals surface area contributed by atoms with Crippen molar-refractivity contribution >= 4 is 23.6 Å². The molecule has 6 heteroatoms. The molecule has 29 heavy (non-hydrogen) atoms. The van der Waals surface area contributed by atoms with Gasteiger partial charge in [0.2, 0.25) is 5.91 Å². The first-order valence-electron chi connectivity index (χ1n) is 9.92. The van der Waals surface area contributed by atoms with Crippen LogP contribution in [0.5, 0.6) is 5.75 Å². The Kier molecular flexibility index (Phi) is 8.11. The van der Waals surface area contributed by atoms with Gasteiger partial charge in [0.1, 0.15) is 5.75 Å². The lowest BCUT2D eigenvalue weighted by atomic mass is 10.0. The van der Waals surface area contributed by atoms with Crippen molar-refractivity contribution in [1.29, 1.82) is 0 Å². The van der Waals surface area contributed by atoms with Gasteiger partial charge < -0.3 is 14.8 Å². The molecule has 1 N–H and O–H groups in total. The molecule has 1 saturated heterocycles. The Bertz CT molecular complexity index is 817. The highest BCUT2D eigenvalue weighted by molar-refractivity contribution is 6.31. The van der Waals surface area contributed by atoms with Gasteiger partial charge in [-0.2, -0.15) is 0 Å². The molecular weight excluding hydrogens is 388 g/mol. The third-order valence-corrected chi connectivity index (χ3v) is 5.18. The molecule has 0 radical (unpaired) electrons. The zero-order valence-electron chi connectivity index (χ0n) is 16.6. The number of benzene rings is 2. The SMILES string of the molecule is CCOc1ccc(C=CC(=O)NCC(c2ccccc2Cl)N2CCOCC2)cc1. The number of carbonyl (C=O) groups excluding carboxylic acids is 1. The fourth-order valence-electron chi connectivity index (χ4n) is 3.34. The summed E-state index contributed by atoms with van der Waals surface area (Å²) in [5.74, 6) is 0.686. The second-order valence-electron chi connectivity index (χ2n) is 6.77. The summed E-state index contributed by atoms with van der Waals surface area (Å²) in [7, 11) is 0. The Morgan fingerprint density at radius 1 is 1.21 bits per heavy atom. The van der Waals surface area contributed by atoms with E-state index in [4.69, 9.17) is 21.1 Å². The van der Waals surface area contributed by atoms with Crippen LogP contribution in [0.1, 0.15) is 24.1 Å². The van der Waals surface area contributed by atoms with Gasteiger partial charge in [-0.05, 0) is 42.3 Å². The Morgan fingerprint density at radius 3 is 2.62 bits per heavy atom. The molecule has 0 saturated carbocycles. The number of halogens is 1. The molecule has 1 atom stereocenters. The molecule has 0 aliphatic carbocycles. The molecule has 1 aliphatic rings. The van der Waals surface area contributed by atoms with Crippen molar-refractivity contribution in [3.63, 3.8) is 0 Å². The van der Waals surface area contributed by atoms with Crippen molar-refractivity contribution in [3.05, 3.63) is 70.8 Å². The molecule has 1 unspecified atom stereocenters. The van der Waals surface area contributed by atoms with Crippen LogP contribution >= 0.6 is 11.6 Å². The van der Waals surface area contributed by atoms with Crippen LogP contribution in [0.25, 0.3) is 6.08 Å². The van der Waals surface area contributed by atoms with E-state index in [1.54, 1.807) is 12.2 Å². The van der Waals surface area contributed by atoms with Gasteiger partial charge in [0, 0.05) is 30.7 Å². The first-order valence-corrected chi connectivity index (χ1v) is 10.3. The van der Waals surface area contributed by atoms with Gasteiger partial charge in [0.25, 0.3) is 0 Å². The summed E-state index contributed by atoms with van der Waals surface area (Å²) in [6.45, 7) is 6.06. The molecule has 0 bridgehead atoms. The van der Waals surface area contributed by atoms with Crippen LogP contribution in [0, 0.1) is 0 Å². The maximum absolute atomic E-state index is 12.4. The number of nitrogens with zero attached hydrogens (tertiary/aromatic N) is 1. The lowest BCUT2D eigenvalue weighted by molar-refractivity contribution is -0.116. The lowest BCUT2D eigenvalue weighted by Gasteiger charge is -2.35. The van der Waals surface area contributed by atoms with Crippen molar-refractivity contribution in [2.75, 3.05) is 39.5 Å². The minimum atomic E-state index is -0.135. The summed E-state index contributed by atoms with van der Waals surface area (Å²) in [4.78, 5) is 14.7. The molecule has 2 aromatic rings. The average Bonchev–Trinajstić information content (AvgIpc) is 2.75. The van der Waals surface area contributed by atoms with Crippen LogP contribution < -0.4 is 10.1 Å². The Labute approximate surface area is 177 Å². The molecule has 3 rings (SSSR count). The number of rotatable bonds is 8. The predicted molar refractivity (Wildman–Crippen MR) is 116 cm³/mol. The Balaban J connectivity index is 1.62. The highest BCUT2D eigenvalue weighted by Crippen LogP contribution is 2.27. The summed E-state index contributed by atoms with van der Waals surface area (Å²) in [5.41, 5.74) is 1.96. The van der Waals surface area contributed by atoms with E-state index >= 15 is 0 Å². The van der Waals surface area contributed by atoms with Crippen LogP contribution in [0.4, 0.5) is 0 Å². The summed E-state index contributed by atoms with van der Waals surface area (Å²) in [5, 5.41) is 3.73. The molecule has 1 aliphatic heterocycles. The van der Waals surface area contributed by atoms with E-state index in [1.165, 1.54) is 0 Å². The molecule has 1 amide bonds. The van der Waals surface area contributed by atoms with E-state index in [0.717, 1.165) is 30.0 Å². The number of carbonyl (C=O) groups is 1. The second-order valence-corrected chi connectivity index (χ2v) is 7.17. The van der Waals surface area contributed by atoms with E-state index < -0.39 is 0 Å². The quantitative estimate of drug-likeness (QED) is 0.665. The number of amides is 1. The Hall–Kier alpha value is -2.34. The third-order valence-electron chi connectivity index (χ3n) is 4.84. The second kappa shape index (κ2) is 11.0. The summed E-state index contributed by atoms with van der Waals surface area (Å²) >= 11 is 6.44. The molecule has 1 fully saturated rings. The standard InChI is InChI=1S/C23H27ClN2O3/c1-2-29-19-10-7-18(8-11-19)9-12-23(27)25-17-22(26-13-15-28-16-14-26)20-5-3-4-6-21(20)24/h3-12,22H,2,13-17H2,1H3,(H,25,27). The average molecular weight is 415 g/mol. The number of nitrogens with one attached hydrogen (secondary N) is 1. The smallest absolute Gasteiger partial charge is 0.244 e. The van der Waals surface area contributed by atoms with Crippen molar-refractivity contribution in [2.24, 2.45) is 0 Å². The lowest BCUT2D eigenvalue weighted by Crippen LogP contribution is -2.43. The predicted octanol–water partition coefficient (Wildman–Crippen LogP) is 3.94. The normalized spacial score (nSPS) is 15.9. The number of morpholine rings is 1. The number of hydrogen-bond acceptors (Lipinski definition) is 4. The van der Waals surface area contributed by atoms with Crippen LogP contribution in [-0.2, 0) is 9.53 Å². The van der Waals surface area contributed by atoms with E-state index in [0.29, 0.717) is 31.4 Å². The number of ether oxygens (including phenoxy) is 2. The monoisotopic (exact) mass is 414 g/mol. The van der Waals surface area contributed by atoms with E-state index in [1.807, 2.05) is 55.5 Å². The molecule has 5 nitrogen and oxygen atoms in total. The first kappa shape index (κ1) is 21.4. The highest BCUT2D eigenvalue weighted by Gasteiger charge is 2.24. The first-order chi connectivity index (χ1) is 14.2. The van der Waals surface area contributed by atoms with Crippen LogP contribution in [0.15, 0.2) is 54.6 Å². The van der Waals surface area contributed by atoms with Gasteiger partial charge in [-0.3, -0.25) is 9.69 Å². The van der Waals surface area contributed by atoms with E-state index in [2.05, 4.69) is 10.2 Å². The van der Waals surface area contributed by atoms with Crippen molar-refractivity contribution in [2.45, 2.75) is 13.0 Å². The minimum Gasteiger partial charge on any atom is -0.494 e. The van der Waals surface area contributed by atoms with Crippen molar-refractivity contribution in [3.8, 4) is 5.75 Å². The summed E-state index contributed by atoms with van der Waals surface area (Å²) in [6, 6.07) is 15.4. The van der Waals surface area contributed by atoms with Gasteiger partial charge in [-0.1, -0.05) is 41.9 Å². The minimum absolute atomic E-state index is 0.00965. The van der Waals surface area contributed by atoms with Gasteiger partial charge >= 0.3 is 0 Å². The number of hydrogen-bond donors (Lipinski definition) is 1. The molecule has 2 aromatic carbocycles. The third kappa shape index (κ3) is 6.32. The largest absolute Gasteiger partial charge is 0.494 e. The van der Waals surface area contributed by atoms with Crippen LogP contribution in [-0.4, -0.2) is 50.3 Å². The summed E-state index contributed by atoms with van der Waals surface area (Å²) in [6.07, 6.45) is 3.35. The molecule has 154 valence electrons.